The van der Waals surface area contributed by atoms with E-state index >= 15 is 0 Å². The van der Waals surface area contributed by atoms with Crippen molar-refractivity contribution in [2.24, 2.45) is 0 Å². The Labute approximate surface area is 89.4 Å². The van der Waals surface area contributed by atoms with Gasteiger partial charge in [0.15, 0.2) is 0 Å². The Bertz CT molecular complexity index is 222. The summed E-state index contributed by atoms with van der Waals surface area (Å²) in [5.74, 6) is -0.869. The van der Waals surface area contributed by atoms with Crippen LogP contribution in [0.3, 0.4) is 0 Å². The zero-order valence-electron chi connectivity index (χ0n) is 9.41. The standard InChI is InChI=1S/C10H18O5/c1-4-15-8(11)5-6-10(2,13)7-9(12)14-3/h13H,4-7H2,1-3H3. The van der Waals surface area contributed by atoms with Gasteiger partial charge in [-0.25, -0.2) is 0 Å². The third-order valence-corrected chi connectivity index (χ3v) is 1.93. The van der Waals surface area contributed by atoms with Crippen molar-refractivity contribution in [1.82, 2.24) is 0 Å². The van der Waals surface area contributed by atoms with Gasteiger partial charge in [0.25, 0.3) is 0 Å². The molecule has 0 amide bonds. The molecule has 1 unspecified atom stereocenters. The molecule has 1 N–H and O–H groups in total. The predicted molar refractivity (Wildman–Crippen MR) is 53.1 cm³/mol. The van der Waals surface area contributed by atoms with Crippen molar-refractivity contribution in [2.75, 3.05) is 13.7 Å². The first-order valence-electron chi connectivity index (χ1n) is 4.86. The summed E-state index contributed by atoms with van der Waals surface area (Å²) in [5.41, 5.74) is -1.22. The van der Waals surface area contributed by atoms with Crippen LogP contribution in [0.25, 0.3) is 0 Å². The molecular weight excluding hydrogens is 200 g/mol. The molecule has 5 heteroatoms. The maximum absolute atomic E-state index is 11.0. The molecule has 0 aliphatic carbocycles. The molecule has 0 heterocycles. The van der Waals surface area contributed by atoms with Crippen LogP contribution in [-0.2, 0) is 19.1 Å². The fourth-order valence-corrected chi connectivity index (χ4v) is 1.08. The first kappa shape index (κ1) is 13.9. The number of carbonyl (C=O) groups excluding carboxylic acids is 2. The zero-order chi connectivity index (χ0) is 11.9. The van der Waals surface area contributed by atoms with Gasteiger partial charge in [0, 0.05) is 6.42 Å². The number of methoxy groups -OCH3 is 1. The summed E-state index contributed by atoms with van der Waals surface area (Å²) in [6.45, 7) is 3.52. The van der Waals surface area contributed by atoms with Gasteiger partial charge in [-0.2, -0.15) is 0 Å². The monoisotopic (exact) mass is 218 g/mol. The Morgan fingerprint density at radius 1 is 1.33 bits per heavy atom. The van der Waals surface area contributed by atoms with E-state index in [-0.39, 0.29) is 25.2 Å². The summed E-state index contributed by atoms with van der Waals surface area (Å²) >= 11 is 0. The lowest BCUT2D eigenvalue weighted by atomic mass is 9.96. The van der Waals surface area contributed by atoms with Crippen molar-refractivity contribution < 1.29 is 24.2 Å². The van der Waals surface area contributed by atoms with Gasteiger partial charge in [-0.3, -0.25) is 9.59 Å². The molecule has 0 rings (SSSR count). The second-order valence-electron chi connectivity index (χ2n) is 3.55. The highest BCUT2D eigenvalue weighted by Crippen LogP contribution is 2.17. The molecular formula is C10H18O5. The highest BCUT2D eigenvalue weighted by molar-refractivity contribution is 5.71. The van der Waals surface area contributed by atoms with Gasteiger partial charge >= 0.3 is 11.9 Å². The van der Waals surface area contributed by atoms with E-state index in [1.807, 2.05) is 0 Å². The van der Waals surface area contributed by atoms with Crippen LogP contribution in [0.1, 0.15) is 33.1 Å². The average molecular weight is 218 g/mol. The molecule has 0 spiro atoms. The van der Waals surface area contributed by atoms with Crippen LogP contribution < -0.4 is 0 Å². The van der Waals surface area contributed by atoms with Gasteiger partial charge in [0.05, 0.1) is 25.7 Å². The van der Waals surface area contributed by atoms with Gasteiger partial charge in [0.1, 0.15) is 0 Å². The number of carbonyl (C=O) groups is 2. The summed E-state index contributed by atoms with van der Waals surface area (Å²) in [6.07, 6.45) is 0.154. The minimum absolute atomic E-state index is 0.0951. The Morgan fingerprint density at radius 3 is 2.40 bits per heavy atom. The van der Waals surface area contributed by atoms with E-state index < -0.39 is 11.6 Å². The van der Waals surface area contributed by atoms with E-state index in [9.17, 15) is 14.7 Å². The molecule has 0 radical (unpaired) electrons. The fraction of sp³-hybridized carbons (Fsp3) is 0.800. The summed E-state index contributed by atoms with van der Waals surface area (Å²) in [4.78, 5) is 21.9. The smallest absolute Gasteiger partial charge is 0.308 e. The number of hydrogen-bond acceptors (Lipinski definition) is 5. The van der Waals surface area contributed by atoms with Gasteiger partial charge in [-0.05, 0) is 20.3 Å². The minimum atomic E-state index is -1.22. The van der Waals surface area contributed by atoms with Crippen molar-refractivity contribution in [3.05, 3.63) is 0 Å². The van der Waals surface area contributed by atoms with Crippen LogP contribution in [0.15, 0.2) is 0 Å². The lowest BCUT2D eigenvalue weighted by molar-refractivity contribution is -0.149. The SMILES string of the molecule is CCOC(=O)CCC(C)(O)CC(=O)OC. The van der Waals surface area contributed by atoms with E-state index in [4.69, 9.17) is 4.74 Å². The van der Waals surface area contributed by atoms with Crippen LogP contribution in [0.2, 0.25) is 0 Å². The van der Waals surface area contributed by atoms with E-state index in [0.717, 1.165) is 0 Å². The van der Waals surface area contributed by atoms with Crippen LogP contribution >= 0.6 is 0 Å². The first-order chi connectivity index (χ1) is 6.91. The Balaban J connectivity index is 3.92. The summed E-state index contributed by atoms with van der Waals surface area (Å²) < 4.78 is 9.13. The van der Waals surface area contributed by atoms with E-state index in [1.54, 1.807) is 6.92 Å². The quantitative estimate of drug-likeness (QED) is 0.662. The van der Waals surface area contributed by atoms with Crippen LogP contribution in [-0.4, -0.2) is 36.4 Å². The van der Waals surface area contributed by atoms with Crippen molar-refractivity contribution in [3.8, 4) is 0 Å². The number of ether oxygens (including phenoxy) is 2. The number of hydrogen-bond donors (Lipinski definition) is 1. The summed E-state index contributed by atoms with van der Waals surface area (Å²) in [5, 5.41) is 9.72. The second-order valence-corrected chi connectivity index (χ2v) is 3.55. The minimum Gasteiger partial charge on any atom is -0.469 e. The molecule has 88 valence electrons. The molecule has 1 atom stereocenters. The van der Waals surface area contributed by atoms with Gasteiger partial charge in [0.2, 0.25) is 0 Å². The normalized spacial score (nSPS) is 14.1. The lowest BCUT2D eigenvalue weighted by Gasteiger charge is -2.20. The highest BCUT2D eigenvalue weighted by Gasteiger charge is 2.25. The molecule has 0 aliphatic rings. The number of aliphatic hydroxyl groups is 1. The van der Waals surface area contributed by atoms with E-state index in [1.165, 1.54) is 14.0 Å². The molecule has 0 aliphatic heterocycles. The van der Waals surface area contributed by atoms with E-state index in [2.05, 4.69) is 4.74 Å². The van der Waals surface area contributed by atoms with Crippen LogP contribution in [0.5, 0.6) is 0 Å². The van der Waals surface area contributed by atoms with E-state index in [0.29, 0.717) is 6.61 Å². The molecule has 0 saturated heterocycles. The Morgan fingerprint density at radius 2 is 1.93 bits per heavy atom. The third-order valence-electron chi connectivity index (χ3n) is 1.93. The van der Waals surface area contributed by atoms with Gasteiger partial charge < -0.3 is 14.6 Å². The molecule has 0 bridgehead atoms. The van der Waals surface area contributed by atoms with Gasteiger partial charge in [-0.1, -0.05) is 0 Å². The number of esters is 2. The second kappa shape index (κ2) is 6.40. The molecule has 5 nitrogen and oxygen atoms in total. The largest absolute Gasteiger partial charge is 0.469 e. The maximum atomic E-state index is 11.0. The molecule has 0 saturated carbocycles. The van der Waals surface area contributed by atoms with Crippen molar-refractivity contribution in [2.45, 2.75) is 38.7 Å². The first-order valence-corrected chi connectivity index (χ1v) is 4.86. The number of rotatable bonds is 6. The van der Waals surface area contributed by atoms with Gasteiger partial charge in [-0.15, -0.1) is 0 Å². The highest BCUT2D eigenvalue weighted by atomic mass is 16.5. The summed E-state index contributed by atoms with van der Waals surface area (Å²) in [6, 6.07) is 0. The lowest BCUT2D eigenvalue weighted by Crippen LogP contribution is -2.29. The Hall–Kier alpha value is -1.10. The average Bonchev–Trinajstić information content (AvgIpc) is 2.15. The summed E-state index contributed by atoms with van der Waals surface area (Å²) in [7, 11) is 1.25. The molecule has 0 fully saturated rings. The zero-order valence-corrected chi connectivity index (χ0v) is 9.41. The van der Waals surface area contributed by atoms with Crippen molar-refractivity contribution >= 4 is 11.9 Å². The molecule has 0 aromatic carbocycles. The molecule has 0 aromatic rings. The third kappa shape index (κ3) is 6.90. The maximum Gasteiger partial charge on any atom is 0.308 e. The molecule has 0 aromatic heterocycles. The Kier molecular flexibility index (Phi) is 5.93. The van der Waals surface area contributed by atoms with Crippen LogP contribution in [0.4, 0.5) is 0 Å². The molecule has 15 heavy (non-hydrogen) atoms. The van der Waals surface area contributed by atoms with Crippen LogP contribution in [0, 0.1) is 0 Å². The van der Waals surface area contributed by atoms with Crippen molar-refractivity contribution in [3.63, 3.8) is 0 Å². The topological polar surface area (TPSA) is 72.8 Å². The predicted octanol–water partition coefficient (Wildman–Crippen LogP) is 0.644. The van der Waals surface area contributed by atoms with Crippen molar-refractivity contribution in [1.29, 1.82) is 0 Å². The fourth-order valence-electron chi connectivity index (χ4n) is 1.08.